The molecule has 2 atom stereocenters. The summed E-state index contributed by atoms with van der Waals surface area (Å²) in [6.07, 6.45) is 11.9. The molecule has 0 aromatic heterocycles. The highest BCUT2D eigenvalue weighted by atomic mass is 16.3. The van der Waals surface area contributed by atoms with Gasteiger partial charge in [-0.1, -0.05) is 51.9 Å². The Morgan fingerprint density at radius 1 is 1.12 bits per heavy atom. The molecule has 16 heavy (non-hydrogen) atoms. The number of unbranched alkanes of at least 4 members (excludes halogenated alkanes) is 5. The molecule has 0 amide bonds. The van der Waals surface area contributed by atoms with Gasteiger partial charge >= 0.3 is 0 Å². The molecule has 0 aromatic rings. The van der Waals surface area contributed by atoms with Gasteiger partial charge in [0.1, 0.15) is 0 Å². The van der Waals surface area contributed by atoms with Crippen LogP contribution < -0.4 is 0 Å². The first-order valence-electron chi connectivity index (χ1n) is 7.06. The quantitative estimate of drug-likeness (QED) is 0.626. The zero-order valence-electron chi connectivity index (χ0n) is 10.7. The van der Waals surface area contributed by atoms with E-state index in [0.717, 1.165) is 25.7 Å². The first-order valence-corrected chi connectivity index (χ1v) is 7.06. The van der Waals surface area contributed by atoms with Gasteiger partial charge in [-0.3, -0.25) is 0 Å². The van der Waals surface area contributed by atoms with Gasteiger partial charge in [-0.2, -0.15) is 0 Å². The van der Waals surface area contributed by atoms with Crippen LogP contribution in [0.5, 0.6) is 0 Å². The molecule has 96 valence electrons. The summed E-state index contributed by atoms with van der Waals surface area (Å²) in [7, 11) is 0. The molecular formula is C14H28O2. The predicted molar refractivity (Wildman–Crippen MR) is 67.4 cm³/mol. The monoisotopic (exact) mass is 228 g/mol. The van der Waals surface area contributed by atoms with Gasteiger partial charge in [0.25, 0.3) is 0 Å². The van der Waals surface area contributed by atoms with Crippen molar-refractivity contribution < 1.29 is 10.2 Å². The van der Waals surface area contributed by atoms with E-state index in [1.54, 1.807) is 0 Å². The van der Waals surface area contributed by atoms with Crippen LogP contribution >= 0.6 is 0 Å². The predicted octanol–water partition coefficient (Wildman–Crippen LogP) is 3.26. The number of aliphatic hydroxyl groups is 2. The summed E-state index contributed by atoms with van der Waals surface area (Å²) in [5.74, 6) is 0.351. The third-order valence-electron chi connectivity index (χ3n) is 4.10. The fourth-order valence-corrected chi connectivity index (χ4v) is 2.92. The molecule has 1 fully saturated rings. The third kappa shape index (κ3) is 4.06. The van der Waals surface area contributed by atoms with Gasteiger partial charge in [-0.15, -0.1) is 0 Å². The zero-order chi connectivity index (χ0) is 11.9. The van der Waals surface area contributed by atoms with Crippen LogP contribution in [0.25, 0.3) is 0 Å². The Labute approximate surface area is 100 Å². The molecule has 0 spiro atoms. The highest BCUT2D eigenvalue weighted by molar-refractivity contribution is 4.91. The Morgan fingerprint density at radius 2 is 1.81 bits per heavy atom. The van der Waals surface area contributed by atoms with Crippen molar-refractivity contribution in [1.82, 2.24) is 0 Å². The largest absolute Gasteiger partial charge is 0.393 e. The van der Waals surface area contributed by atoms with Crippen LogP contribution in [0, 0.1) is 5.92 Å². The summed E-state index contributed by atoms with van der Waals surface area (Å²) >= 11 is 0. The molecule has 1 rings (SSSR count). The van der Waals surface area contributed by atoms with Crippen LogP contribution in [0.15, 0.2) is 0 Å². The number of rotatable bonds is 8. The lowest BCUT2D eigenvalue weighted by molar-refractivity contribution is -0.0472. The molecule has 0 aliphatic heterocycles. The standard InChI is InChI=1S/C14H28O2/c1-2-3-4-5-6-7-9-13-10-8-11-14(13,16)12-15/h13,15-16H,2-12H2,1H3. The molecule has 0 radical (unpaired) electrons. The van der Waals surface area contributed by atoms with E-state index in [-0.39, 0.29) is 6.61 Å². The summed E-state index contributed by atoms with van der Waals surface area (Å²) < 4.78 is 0. The second kappa shape index (κ2) is 7.29. The highest BCUT2D eigenvalue weighted by Gasteiger charge is 2.39. The Bertz CT molecular complexity index is 182. The Morgan fingerprint density at radius 3 is 2.50 bits per heavy atom. The molecular weight excluding hydrogens is 200 g/mol. The molecule has 0 heterocycles. The van der Waals surface area contributed by atoms with E-state index in [0.29, 0.717) is 5.92 Å². The summed E-state index contributed by atoms with van der Waals surface area (Å²) in [5.41, 5.74) is -0.747. The zero-order valence-corrected chi connectivity index (χ0v) is 10.7. The molecule has 0 saturated heterocycles. The topological polar surface area (TPSA) is 40.5 Å². The van der Waals surface area contributed by atoms with Crippen LogP contribution in [-0.4, -0.2) is 22.4 Å². The van der Waals surface area contributed by atoms with Gasteiger partial charge in [0, 0.05) is 0 Å². The summed E-state index contributed by atoms with van der Waals surface area (Å²) in [6, 6.07) is 0. The minimum Gasteiger partial charge on any atom is -0.393 e. The van der Waals surface area contributed by atoms with Crippen LogP contribution in [-0.2, 0) is 0 Å². The summed E-state index contributed by atoms with van der Waals surface area (Å²) in [6.45, 7) is 2.19. The van der Waals surface area contributed by atoms with Crippen LogP contribution in [0.1, 0.15) is 71.1 Å². The first-order chi connectivity index (χ1) is 7.73. The average Bonchev–Trinajstić information content (AvgIpc) is 2.66. The van der Waals surface area contributed by atoms with Gasteiger partial charge in [-0.25, -0.2) is 0 Å². The van der Waals surface area contributed by atoms with Crippen LogP contribution in [0.4, 0.5) is 0 Å². The average molecular weight is 228 g/mol. The van der Waals surface area contributed by atoms with E-state index in [1.165, 1.54) is 38.5 Å². The molecule has 1 aliphatic carbocycles. The number of hydrogen-bond donors (Lipinski definition) is 2. The van der Waals surface area contributed by atoms with E-state index in [9.17, 15) is 10.2 Å². The fraction of sp³-hybridized carbons (Fsp3) is 1.00. The normalized spacial score (nSPS) is 29.8. The lowest BCUT2D eigenvalue weighted by atomic mass is 9.87. The Balaban J connectivity index is 2.08. The van der Waals surface area contributed by atoms with Crippen molar-refractivity contribution in [1.29, 1.82) is 0 Å². The van der Waals surface area contributed by atoms with Crippen molar-refractivity contribution >= 4 is 0 Å². The van der Waals surface area contributed by atoms with Crippen molar-refractivity contribution in [3.63, 3.8) is 0 Å². The van der Waals surface area contributed by atoms with E-state index in [1.807, 2.05) is 0 Å². The lowest BCUT2D eigenvalue weighted by Gasteiger charge is -2.27. The molecule has 0 aromatic carbocycles. The summed E-state index contributed by atoms with van der Waals surface area (Å²) in [4.78, 5) is 0. The van der Waals surface area contributed by atoms with E-state index >= 15 is 0 Å². The third-order valence-corrected chi connectivity index (χ3v) is 4.10. The molecule has 2 unspecified atom stereocenters. The maximum Gasteiger partial charge on any atom is 0.0905 e. The minimum atomic E-state index is -0.747. The molecule has 2 heteroatoms. The molecule has 2 nitrogen and oxygen atoms in total. The van der Waals surface area contributed by atoms with E-state index in [4.69, 9.17) is 0 Å². The van der Waals surface area contributed by atoms with Crippen LogP contribution in [0.2, 0.25) is 0 Å². The van der Waals surface area contributed by atoms with Gasteiger partial charge < -0.3 is 10.2 Å². The van der Waals surface area contributed by atoms with Gasteiger partial charge in [0.05, 0.1) is 12.2 Å². The number of hydrogen-bond acceptors (Lipinski definition) is 2. The Kier molecular flexibility index (Phi) is 6.37. The molecule has 1 aliphatic rings. The second-order valence-corrected chi connectivity index (χ2v) is 5.41. The van der Waals surface area contributed by atoms with E-state index in [2.05, 4.69) is 6.92 Å². The van der Waals surface area contributed by atoms with Crippen molar-refractivity contribution in [2.75, 3.05) is 6.61 Å². The van der Waals surface area contributed by atoms with Crippen molar-refractivity contribution in [2.24, 2.45) is 5.92 Å². The fourth-order valence-electron chi connectivity index (χ4n) is 2.92. The minimum absolute atomic E-state index is 0.0481. The second-order valence-electron chi connectivity index (χ2n) is 5.41. The molecule has 0 bridgehead atoms. The maximum absolute atomic E-state index is 10.2. The van der Waals surface area contributed by atoms with Gasteiger partial charge in [-0.05, 0) is 25.2 Å². The van der Waals surface area contributed by atoms with Gasteiger partial charge in [0.15, 0.2) is 0 Å². The Hall–Kier alpha value is -0.0800. The smallest absolute Gasteiger partial charge is 0.0905 e. The maximum atomic E-state index is 10.2. The SMILES string of the molecule is CCCCCCCCC1CCCC1(O)CO. The number of aliphatic hydroxyl groups excluding tert-OH is 1. The van der Waals surface area contributed by atoms with Gasteiger partial charge in [0.2, 0.25) is 0 Å². The lowest BCUT2D eigenvalue weighted by Crippen LogP contribution is -2.37. The van der Waals surface area contributed by atoms with Crippen LogP contribution in [0.3, 0.4) is 0 Å². The molecule has 1 saturated carbocycles. The molecule has 2 N–H and O–H groups in total. The van der Waals surface area contributed by atoms with E-state index < -0.39 is 5.60 Å². The summed E-state index contributed by atoms with van der Waals surface area (Å²) in [5, 5.41) is 19.4. The van der Waals surface area contributed by atoms with Crippen molar-refractivity contribution in [3.05, 3.63) is 0 Å². The van der Waals surface area contributed by atoms with Crippen molar-refractivity contribution in [3.8, 4) is 0 Å². The van der Waals surface area contributed by atoms with Crippen molar-refractivity contribution in [2.45, 2.75) is 76.7 Å². The first kappa shape index (κ1) is 14.0. The highest BCUT2D eigenvalue weighted by Crippen LogP contribution is 2.38.